The van der Waals surface area contributed by atoms with Gasteiger partial charge in [0.25, 0.3) is 0 Å². The van der Waals surface area contributed by atoms with E-state index in [2.05, 4.69) is 14.5 Å². The van der Waals surface area contributed by atoms with Crippen LogP contribution in [0.4, 0.5) is 17.1 Å². The highest BCUT2D eigenvalue weighted by Crippen LogP contribution is 2.31. The van der Waals surface area contributed by atoms with Gasteiger partial charge >= 0.3 is 0 Å². The molecule has 0 aliphatic carbocycles. The highest BCUT2D eigenvalue weighted by atomic mass is 32.2. The predicted molar refractivity (Wildman–Crippen MR) is 170 cm³/mol. The molecule has 0 aromatic heterocycles. The standard InChI is InChI=1S/C34H35N3O5S/c1-25-33(36-43(3,38)39)8-5-9-34(25)37(23-26-10-14-28(35-2)15-11-26)24-27-12-16-29(17-13-27)41-31-6-4-7-32(22-31)42-30-18-20-40-21-19-30/h4-17,22,30,36H,18-21,23-24H2,1,3H3. The van der Waals surface area contributed by atoms with Crippen molar-refractivity contribution in [2.75, 3.05) is 29.1 Å². The largest absolute Gasteiger partial charge is 0.490 e. The molecule has 0 atom stereocenters. The third-order valence-electron chi connectivity index (χ3n) is 7.19. The Morgan fingerprint density at radius 1 is 0.884 bits per heavy atom. The Bertz CT molecular complexity index is 1680. The van der Waals surface area contributed by atoms with Crippen molar-refractivity contribution >= 4 is 27.1 Å². The molecule has 1 aliphatic heterocycles. The zero-order chi connectivity index (χ0) is 30.2. The van der Waals surface area contributed by atoms with Crippen LogP contribution in [0.5, 0.6) is 17.2 Å². The summed E-state index contributed by atoms with van der Waals surface area (Å²) in [6.07, 6.45) is 3.07. The van der Waals surface area contributed by atoms with Crippen LogP contribution in [0.2, 0.25) is 0 Å². The Hall–Kier alpha value is -4.52. The minimum Gasteiger partial charge on any atom is -0.490 e. The van der Waals surface area contributed by atoms with Gasteiger partial charge < -0.3 is 19.1 Å². The van der Waals surface area contributed by atoms with Crippen molar-refractivity contribution in [3.05, 3.63) is 119 Å². The second-order valence-electron chi connectivity index (χ2n) is 10.6. The van der Waals surface area contributed by atoms with Gasteiger partial charge in [-0.25, -0.2) is 13.3 Å². The van der Waals surface area contributed by atoms with Crippen LogP contribution in [0.15, 0.2) is 91.0 Å². The van der Waals surface area contributed by atoms with Gasteiger partial charge in [-0.05, 0) is 60.0 Å². The molecule has 0 bridgehead atoms. The highest BCUT2D eigenvalue weighted by Gasteiger charge is 2.17. The molecular weight excluding hydrogens is 562 g/mol. The van der Waals surface area contributed by atoms with Crippen LogP contribution < -0.4 is 19.1 Å². The van der Waals surface area contributed by atoms with Crippen molar-refractivity contribution < 1.29 is 22.6 Å². The molecule has 4 aromatic rings. The first kappa shape index (κ1) is 30.0. The average Bonchev–Trinajstić information content (AvgIpc) is 2.99. The normalized spacial score (nSPS) is 13.6. The van der Waals surface area contributed by atoms with E-state index in [-0.39, 0.29) is 6.10 Å². The van der Waals surface area contributed by atoms with E-state index in [1.165, 1.54) is 0 Å². The number of rotatable bonds is 11. The Kier molecular flexibility index (Phi) is 9.50. The Morgan fingerprint density at radius 2 is 1.51 bits per heavy atom. The number of nitrogens with one attached hydrogen (secondary N) is 1. The van der Waals surface area contributed by atoms with Gasteiger partial charge in [0.1, 0.15) is 23.4 Å². The molecule has 1 aliphatic rings. The van der Waals surface area contributed by atoms with Crippen molar-refractivity contribution in [3.8, 4) is 17.2 Å². The second kappa shape index (κ2) is 13.6. The van der Waals surface area contributed by atoms with E-state index in [1.807, 2.05) is 91.9 Å². The molecule has 1 fully saturated rings. The molecule has 0 radical (unpaired) electrons. The van der Waals surface area contributed by atoms with E-state index in [9.17, 15) is 8.42 Å². The summed E-state index contributed by atoms with van der Waals surface area (Å²) in [5.41, 5.74) is 4.96. The number of hydrogen-bond acceptors (Lipinski definition) is 6. The smallest absolute Gasteiger partial charge is 0.229 e. The predicted octanol–water partition coefficient (Wildman–Crippen LogP) is 7.47. The van der Waals surface area contributed by atoms with Crippen molar-refractivity contribution in [1.29, 1.82) is 0 Å². The topological polar surface area (TPSA) is 81.5 Å². The second-order valence-corrected chi connectivity index (χ2v) is 12.4. The number of sulfonamides is 1. The summed E-state index contributed by atoms with van der Waals surface area (Å²) < 4.78 is 44.3. The minimum absolute atomic E-state index is 0.156. The quantitative estimate of drug-likeness (QED) is 0.181. The molecule has 9 heteroatoms. The number of anilines is 2. The maximum Gasteiger partial charge on any atom is 0.229 e. The molecule has 43 heavy (non-hydrogen) atoms. The molecule has 0 spiro atoms. The van der Waals surface area contributed by atoms with Gasteiger partial charge in [0, 0.05) is 37.7 Å². The first-order chi connectivity index (χ1) is 20.8. The van der Waals surface area contributed by atoms with Gasteiger partial charge in [-0.15, -0.1) is 0 Å². The third-order valence-corrected chi connectivity index (χ3v) is 7.78. The average molecular weight is 598 g/mol. The Morgan fingerprint density at radius 3 is 2.16 bits per heavy atom. The lowest BCUT2D eigenvalue weighted by molar-refractivity contribution is 0.0255. The van der Waals surface area contributed by atoms with Gasteiger partial charge in [0.15, 0.2) is 5.69 Å². The number of ether oxygens (including phenoxy) is 3. The van der Waals surface area contributed by atoms with E-state index in [1.54, 1.807) is 6.07 Å². The lowest BCUT2D eigenvalue weighted by Gasteiger charge is -2.28. The Balaban J connectivity index is 1.33. The zero-order valence-corrected chi connectivity index (χ0v) is 25.1. The summed E-state index contributed by atoms with van der Waals surface area (Å²) >= 11 is 0. The fraction of sp³-hybridized carbons (Fsp3) is 0.265. The molecular formula is C34H35N3O5S. The zero-order valence-electron chi connectivity index (χ0n) is 24.3. The van der Waals surface area contributed by atoms with Crippen LogP contribution in [0.1, 0.15) is 29.5 Å². The molecule has 222 valence electrons. The minimum atomic E-state index is -3.43. The number of hydrogen-bond donors (Lipinski definition) is 1. The fourth-order valence-electron chi connectivity index (χ4n) is 5.02. The molecule has 0 saturated carbocycles. The number of nitrogens with zero attached hydrogens (tertiary/aromatic N) is 2. The van der Waals surface area contributed by atoms with Gasteiger partial charge in [-0.2, -0.15) is 0 Å². The van der Waals surface area contributed by atoms with Crippen molar-refractivity contribution in [3.63, 3.8) is 0 Å². The maximum absolute atomic E-state index is 12.0. The van der Waals surface area contributed by atoms with Crippen LogP contribution in [0, 0.1) is 13.5 Å². The lowest BCUT2D eigenvalue weighted by Crippen LogP contribution is -2.25. The monoisotopic (exact) mass is 597 g/mol. The molecule has 0 amide bonds. The van der Waals surface area contributed by atoms with Gasteiger partial charge in [0.2, 0.25) is 10.0 Å². The summed E-state index contributed by atoms with van der Waals surface area (Å²) in [5, 5.41) is 0. The van der Waals surface area contributed by atoms with Gasteiger partial charge in [-0.1, -0.05) is 48.5 Å². The van der Waals surface area contributed by atoms with E-state index in [0.717, 1.165) is 60.4 Å². The first-order valence-corrected chi connectivity index (χ1v) is 16.0. The van der Waals surface area contributed by atoms with Crippen molar-refractivity contribution in [2.24, 2.45) is 0 Å². The van der Waals surface area contributed by atoms with Crippen LogP contribution >= 0.6 is 0 Å². The SMILES string of the molecule is [C-]#[N+]c1ccc(CN(Cc2ccc(Oc3cccc(OC4CCOCC4)c3)cc2)c2cccc(NS(C)(=O)=O)c2C)cc1. The highest BCUT2D eigenvalue weighted by molar-refractivity contribution is 7.92. The van der Waals surface area contributed by atoms with E-state index >= 15 is 0 Å². The van der Waals surface area contributed by atoms with Crippen molar-refractivity contribution in [2.45, 2.75) is 39.0 Å². The van der Waals surface area contributed by atoms with E-state index in [4.69, 9.17) is 20.8 Å². The first-order valence-electron chi connectivity index (χ1n) is 14.2. The van der Waals surface area contributed by atoms with Gasteiger partial charge in [-0.3, -0.25) is 4.72 Å². The lowest BCUT2D eigenvalue weighted by atomic mass is 10.1. The Labute approximate surface area is 253 Å². The third kappa shape index (κ3) is 8.51. The number of benzene rings is 4. The summed E-state index contributed by atoms with van der Waals surface area (Å²) in [5.74, 6) is 2.19. The van der Waals surface area contributed by atoms with Crippen LogP contribution in [0.3, 0.4) is 0 Å². The summed E-state index contributed by atoms with van der Waals surface area (Å²) in [6.45, 7) is 11.8. The molecule has 4 aromatic carbocycles. The van der Waals surface area contributed by atoms with Gasteiger partial charge in [0.05, 0.1) is 31.7 Å². The van der Waals surface area contributed by atoms with E-state index < -0.39 is 10.0 Å². The molecule has 1 saturated heterocycles. The fourth-order valence-corrected chi connectivity index (χ4v) is 5.64. The van der Waals surface area contributed by atoms with Crippen LogP contribution in [-0.4, -0.2) is 34.0 Å². The van der Waals surface area contributed by atoms with Crippen LogP contribution in [-0.2, 0) is 27.8 Å². The summed E-state index contributed by atoms with van der Waals surface area (Å²) in [6, 6.07) is 28.7. The van der Waals surface area contributed by atoms with Crippen molar-refractivity contribution in [1.82, 2.24) is 0 Å². The summed E-state index contributed by atoms with van der Waals surface area (Å²) in [4.78, 5) is 5.69. The maximum atomic E-state index is 12.0. The molecule has 8 nitrogen and oxygen atoms in total. The molecule has 5 rings (SSSR count). The van der Waals surface area contributed by atoms with Crippen LogP contribution in [0.25, 0.3) is 4.85 Å². The van der Waals surface area contributed by atoms with E-state index in [0.29, 0.717) is 36.0 Å². The molecule has 0 unspecified atom stereocenters. The summed E-state index contributed by atoms with van der Waals surface area (Å²) in [7, 11) is -3.43. The molecule has 1 heterocycles. The molecule has 1 N–H and O–H groups in total.